The first-order valence-electron chi connectivity index (χ1n) is 7.42. The molecule has 0 saturated heterocycles. The monoisotopic (exact) mass is 338 g/mol. The maximum absolute atomic E-state index is 12.2. The molecule has 0 atom stereocenters. The van der Waals surface area contributed by atoms with Gasteiger partial charge in [0.25, 0.3) is 11.6 Å². The number of rotatable bonds is 5. The summed E-state index contributed by atoms with van der Waals surface area (Å²) in [5.41, 5.74) is 1.66. The highest BCUT2D eigenvalue weighted by Gasteiger charge is 2.10. The minimum atomic E-state index is -0.517. The van der Waals surface area contributed by atoms with Crippen molar-refractivity contribution in [1.29, 1.82) is 0 Å². The number of hydrogen-bond acceptors (Lipinski definition) is 5. The molecule has 126 valence electrons. The minimum Gasteiger partial charge on any atom is -0.459 e. The highest BCUT2D eigenvalue weighted by Crippen LogP contribution is 2.24. The van der Waals surface area contributed by atoms with Gasteiger partial charge < -0.3 is 14.8 Å². The van der Waals surface area contributed by atoms with Crippen LogP contribution in [0.5, 0.6) is 0 Å². The molecule has 0 bridgehead atoms. The molecule has 1 amide bonds. The van der Waals surface area contributed by atoms with E-state index in [0.717, 1.165) is 5.56 Å². The summed E-state index contributed by atoms with van der Waals surface area (Å²) in [5, 5.41) is 22.4. The predicted octanol–water partition coefficient (Wildman–Crippen LogP) is 3.60. The lowest BCUT2D eigenvalue weighted by Crippen LogP contribution is -2.11. The third-order valence-corrected chi connectivity index (χ3v) is 3.59. The standard InChI is InChI=1S/C18H14N2O5/c21-11-16-9-10-17(25-16)12-1-5-14(6-2-12)19-18(22)13-3-7-15(8-4-13)20(23)24/h1-10,21H,11H2,(H,19,22). The largest absolute Gasteiger partial charge is 0.459 e. The molecule has 0 fully saturated rings. The first kappa shape index (κ1) is 16.4. The zero-order chi connectivity index (χ0) is 17.8. The van der Waals surface area contributed by atoms with Crippen molar-refractivity contribution >= 4 is 17.3 Å². The number of anilines is 1. The second-order valence-electron chi connectivity index (χ2n) is 5.26. The van der Waals surface area contributed by atoms with Crippen molar-refractivity contribution in [1.82, 2.24) is 0 Å². The Hall–Kier alpha value is -3.45. The quantitative estimate of drug-likeness (QED) is 0.546. The normalized spacial score (nSPS) is 10.4. The van der Waals surface area contributed by atoms with Gasteiger partial charge in [-0.15, -0.1) is 0 Å². The van der Waals surface area contributed by atoms with E-state index in [1.54, 1.807) is 36.4 Å². The first-order valence-corrected chi connectivity index (χ1v) is 7.42. The number of furan rings is 1. The molecule has 0 unspecified atom stereocenters. The number of nitro benzene ring substituents is 1. The van der Waals surface area contributed by atoms with Crippen molar-refractivity contribution in [3.05, 3.63) is 82.1 Å². The van der Waals surface area contributed by atoms with E-state index in [1.807, 2.05) is 0 Å². The molecule has 7 heteroatoms. The molecule has 0 aliphatic heterocycles. The number of nitrogens with zero attached hydrogens (tertiary/aromatic N) is 1. The Kier molecular flexibility index (Phi) is 4.58. The average Bonchev–Trinajstić information content (AvgIpc) is 3.11. The lowest BCUT2D eigenvalue weighted by molar-refractivity contribution is -0.384. The van der Waals surface area contributed by atoms with Crippen LogP contribution in [0.1, 0.15) is 16.1 Å². The number of aliphatic hydroxyl groups excluding tert-OH is 1. The molecule has 2 aromatic carbocycles. The van der Waals surface area contributed by atoms with Crippen LogP contribution in [0.15, 0.2) is 65.1 Å². The molecule has 7 nitrogen and oxygen atoms in total. The summed E-state index contributed by atoms with van der Waals surface area (Å²) < 4.78 is 5.45. The Bertz CT molecular complexity index is 898. The van der Waals surface area contributed by atoms with Crippen molar-refractivity contribution in [3.63, 3.8) is 0 Å². The van der Waals surface area contributed by atoms with Crippen LogP contribution in [0.4, 0.5) is 11.4 Å². The van der Waals surface area contributed by atoms with E-state index in [4.69, 9.17) is 9.52 Å². The zero-order valence-corrected chi connectivity index (χ0v) is 13.0. The summed E-state index contributed by atoms with van der Waals surface area (Å²) >= 11 is 0. The number of amides is 1. The van der Waals surface area contributed by atoms with E-state index in [1.165, 1.54) is 24.3 Å². The van der Waals surface area contributed by atoms with Gasteiger partial charge in [-0.2, -0.15) is 0 Å². The van der Waals surface area contributed by atoms with Crippen LogP contribution in [0, 0.1) is 10.1 Å². The fourth-order valence-electron chi connectivity index (χ4n) is 2.27. The summed E-state index contributed by atoms with van der Waals surface area (Å²) in [6.45, 7) is -0.163. The van der Waals surface area contributed by atoms with Gasteiger partial charge in [-0.3, -0.25) is 14.9 Å². The molecule has 0 aliphatic rings. The molecule has 25 heavy (non-hydrogen) atoms. The average molecular weight is 338 g/mol. The van der Waals surface area contributed by atoms with Crippen molar-refractivity contribution in [3.8, 4) is 11.3 Å². The Morgan fingerprint density at radius 3 is 2.28 bits per heavy atom. The lowest BCUT2D eigenvalue weighted by Gasteiger charge is -2.06. The number of benzene rings is 2. The van der Waals surface area contributed by atoms with Crippen LogP contribution >= 0.6 is 0 Å². The van der Waals surface area contributed by atoms with E-state index < -0.39 is 4.92 Å². The van der Waals surface area contributed by atoms with Crippen molar-refractivity contribution in [2.45, 2.75) is 6.61 Å². The smallest absolute Gasteiger partial charge is 0.269 e. The van der Waals surface area contributed by atoms with Crippen molar-refractivity contribution in [2.75, 3.05) is 5.32 Å². The van der Waals surface area contributed by atoms with Crippen LogP contribution in [0.25, 0.3) is 11.3 Å². The molecule has 3 aromatic rings. The molecule has 0 saturated carbocycles. The third kappa shape index (κ3) is 3.73. The summed E-state index contributed by atoms with van der Waals surface area (Å²) in [6, 6.07) is 15.8. The summed E-state index contributed by atoms with van der Waals surface area (Å²) in [5.74, 6) is 0.742. The SMILES string of the molecule is O=C(Nc1ccc(-c2ccc(CO)o2)cc1)c1ccc([N+](=O)[O-])cc1. The molecular formula is C18H14N2O5. The van der Waals surface area contributed by atoms with Gasteiger partial charge >= 0.3 is 0 Å². The molecule has 0 radical (unpaired) electrons. The van der Waals surface area contributed by atoms with Crippen LogP contribution in [-0.4, -0.2) is 15.9 Å². The predicted molar refractivity (Wildman–Crippen MR) is 91.1 cm³/mol. The van der Waals surface area contributed by atoms with E-state index in [-0.39, 0.29) is 18.2 Å². The molecule has 2 N–H and O–H groups in total. The highest BCUT2D eigenvalue weighted by atomic mass is 16.6. The maximum atomic E-state index is 12.2. The molecule has 0 aliphatic carbocycles. The highest BCUT2D eigenvalue weighted by molar-refractivity contribution is 6.04. The lowest BCUT2D eigenvalue weighted by atomic mass is 10.1. The summed E-state index contributed by atoms with van der Waals surface area (Å²) in [6.07, 6.45) is 0. The number of carbonyl (C=O) groups is 1. The Morgan fingerprint density at radius 2 is 1.72 bits per heavy atom. The fraction of sp³-hybridized carbons (Fsp3) is 0.0556. The molecule has 3 rings (SSSR count). The Labute approximate surface area is 142 Å². The van der Waals surface area contributed by atoms with Crippen LogP contribution in [-0.2, 0) is 6.61 Å². The number of aliphatic hydroxyl groups is 1. The fourth-order valence-corrected chi connectivity index (χ4v) is 2.27. The first-order chi connectivity index (χ1) is 12.1. The number of non-ortho nitro benzene ring substituents is 1. The second-order valence-corrected chi connectivity index (χ2v) is 5.26. The molecule has 1 heterocycles. The van der Waals surface area contributed by atoms with Crippen molar-refractivity contribution in [2.24, 2.45) is 0 Å². The second kappa shape index (κ2) is 6.98. The van der Waals surface area contributed by atoms with Crippen LogP contribution < -0.4 is 5.32 Å². The van der Waals surface area contributed by atoms with E-state index in [2.05, 4.69) is 5.32 Å². The van der Waals surface area contributed by atoms with Gasteiger partial charge in [0.05, 0.1) is 4.92 Å². The number of carbonyl (C=O) groups excluding carboxylic acids is 1. The van der Waals surface area contributed by atoms with Gasteiger partial charge in [0.2, 0.25) is 0 Å². The molecule has 0 spiro atoms. The van der Waals surface area contributed by atoms with Crippen LogP contribution in [0.3, 0.4) is 0 Å². The third-order valence-electron chi connectivity index (χ3n) is 3.59. The van der Waals surface area contributed by atoms with Gasteiger partial charge in [-0.05, 0) is 48.5 Å². The van der Waals surface area contributed by atoms with E-state index in [9.17, 15) is 14.9 Å². The zero-order valence-electron chi connectivity index (χ0n) is 13.0. The van der Waals surface area contributed by atoms with Crippen molar-refractivity contribution < 1.29 is 19.2 Å². The Morgan fingerprint density at radius 1 is 1.04 bits per heavy atom. The topological polar surface area (TPSA) is 106 Å². The van der Waals surface area contributed by atoms with Crippen LogP contribution in [0.2, 0.25) is 0 Å². The summed E-state index contributed by atoms with van der Waals surface area (Å²) in [4.78, 5) is 22.3. The minimum absolute atomic E-state index is 0.0680. The number of hydrogen-bond donors (Lipinski definition) is 2. The van der Waals surface area contributed by atoms with E-state index in [0.29, 0.717) is 22.8 Å². The van der Waals surface area contributed by atoms with Gasteiger partial charge in [0.1, 0.15) is 18.1 Å². The number of nitrogens with one attached hydrogen (secondary N) is 1. The summed E-state index contributed by atoms with van der Waals surface area (Å²) in [7, 11) is 0. The van der Waals surface area contributed by atoms with Gasteiger partial charge in [-0.25, -0.2) is 0 Å². The molecule has 1 aromatic heterocycles. The van der Waals surface area contributed by atoms with Gasteiger partial charge in [-0.1, -0.05) is 0 Å². The van der Waals surface area contributed by atoms with Gasteiger partial charge in [0.15, 0.2) is 0 Å². The Balaban J connectivity index is 1.70. The number of nitro groups is 1. The maximum Gasteiger partial charge on any atom is 0.269 e. The van der Waals surface area contributed by atoms with Gasteiger partial charge in [0, 0.05) is 28.9 Å². The van der Waals surface area contributed by atoms with E-state index >= 15 is 0 Å². The molecular weight excluding hydrogens is 324 g/mol.